The summed E-state index contributed by atoms with van der Waals surface area (Å²) in [5.74, 6) is 0.847. The van der Waals surface area contributed by atoms with Gasteiger partial charge in [-0.2, -0.15) is 10.2 Å². The minimum Gasteiger partial charge on any atom is -0.352 e. The fraction of sp³-hybridized carbons (Fsp3) is 0.333. The lowest BCUT2D eigenvalue weighted by molar-refractivity contribution is 0.208. The third-order valence-corrected chi connectivity index (χ3v) is 5.14. The van der Waals surface area contributed by atoms with Gasteiger partial charge in [0.2, 0.25) is 0 Å². The topological polar surface area (TPSA) is 79.2 Å². The Morgan fingerprint density at radius 2 is 1.97 bits per heavy atom. The van der Waals surface area contributed by atoms with Gasteiger partial charge in [-0.05, 0) is 43.2 Å². The Morgan fingerprint density at radius 1 is 1.14 bits per heavy atom. The zero-order chi connectivity index (χ0) is 20.2. The number of piperazine rings is 1. The van der Waals surface area contributed by atoms with Crippen molar-refractivity contribution in [3.05, 3.63) is 60.0 Å². The second kappa shape index (κ2) is 8.30. The molecule has 1 aliphatic heterocycles. The van der Waals surface area contributed by atoms with E-state index in [2.05, 4.69) is 51.5 Å². The van der Waals surface area contributed by atoms with Crippen LogP contribution in [0.15, 0.2) is 48.8 Å². The van der Waals surface area contributed by atoms with Gasteiger partial charge >= 0.3 is 6.03 Å². The van der Waals surface area contributed by atoms with Crippen LogP contribution in [0.2, 0.25) is 0 Å². The zero-order valence-electron chi connectivity index (χ0n) is 16.7. The molecular formula is C21H25N7O. The van der Waals surface area contributed by atoms with Crippen LogP contribution in [0, 0.1) is 6.92 Å². The monoisotopic (exact) mass is 391 g/mol. The third kappa shape index (κ3) is 4.06. The van der Waals surface area contributed by atoms with Crippen LogP contribution >= 0.6 is 0 Å². The number of aromatic nitrogens is 4. The molecule has 0 spiro atoms. The normalized spacial score (nSPS) is 14.1. The maximum absolute atomic E-state index is 12.8. The molecule has 1 aromatic carbocycles. The molecule has 29 heavy (non-hydrogen) atoms. The van der Waals surface area contributed by atoms with Crippen LogP contribution in [-0.2, 0) is 6.42 Å². The molecule has 0 radical (unpaired) electrons. The Morgan fingerprint density at radius 3 is 2.66 bits per heavy atom. The number of anilines is 2. The Labute approximate surface area is 170 Å². The minimum absolute atomic E-state index is 0.0951. The van der Waals surface area contributed by atoms with Crippen molar-refractivity contribution in [2.75, 3.05) is 36.4 Å². The van der Waals surface area contributed by atoms with E-state index in [1.165, 1.54) is 5.56 Å². The number of nitrogens with one attached hydrogen (secondary N) is 1. The standard InChI is InChI=1S/C21H25N7O/c1-3-19-18(15-23-28(19)17-7-4-6-16(2)14-17)24-21(29)27-12-10-26(11-13-27)20-8-5-9-22-25-20/h4-9,14-15H,3,10-13H2,1-2H3,(H,24,29). The molecule has 2 amide bonds. The fourth-order valence-electron chi connectivity index (χ4n) is 3.60. The van der Waals surface area contributed by atoms with Crippen LogP contribution < -0.4 is 10.2 Å². The predicted molar refractivity (Wildman–Crippen MR) is 113 cm³/mol. The number of carbonyl (C=O) groups excluding carboxylic acids is 1. The molecule has 0 atom stereocenters. The molecule has 3 aromatic rings. The molecule has 2 aromatic heterocycles. The number of hydrogen-bond acceptors (Lipinski definition) is 5. The lowest BCUT2D eigenvalue weighted by Gasteiger charge is -2.35. The SMILES string of the molecule is CCc1c(NC(=O)N2CCN(c3cccnn3)CC2)cnn1-c1cccc(C)c1. The number of aryl methyl sites for hydroxylation is 1. The summed E-state index contributed by atoms with van der Waals surface area (Å²) >= 11 is 0. The molecule has 0 unspecified atom stereocenters. The highest BCUT2D eigenvalue weighted by molar-refractivity contribution is 5.90. The first-order valence-electron chi connectivity index (χ1n) is 9.88. The van der Waals surface area contributed by atoms with Crippen molar-refractivity contribution in [1.29, 1.82) is 0 Å². The number of rotatable bonds is 4. The molecule has 3 heterocycles. The van der Waals surface area contributed by atoms with Crippen LogP contribution in [0.5, 0.6) is 0 Å². The number of hydrogen-bond donors (Lipinski definition) is 1. The largest absolute Gasteiger partial charge is 0.352 e. The van der Waals surface area contributed by atoms with Gasteiger partial charge in [-0.3, -0.25) is 0 Å². The highest BCUT2D eigenvalue weighted by atomic mass is 16.2. The van der Waals surface area contributed by atoms with Gasteiger partial charge in [-0.15, -0.1) is 5.10 Å². The van der Waals surface area contributed by atoms with Gasteiger partial charge in [0.15, 0.2) is 5.82 Å². The van der Waals surface area contributed by atoms with Crippen LogP contribution in [-0.4, -0.2) is 57.1 Å². The minimum atomic E-state index is -0.0951. The lowest BCUT2D eigenvalue weighted by Crippen LogP contribution is -2.50. The van der Waals surface area contributed by atoms with Crippen molar-refractivity contribution < 1.29 is 4.79 Å². The molecule has 1 N–H and O–H groups in total. The molecule has 150 valence electrons. The van der Waals surface area contributed by atoms with Crippen molar-refractivity contribution in [2.24, 2.45) is 0 Å². The second-order valence-corrected chi connectivity index (χ2v) is 7.10. The van der Waals surface area contributed by atoms with E-state index in [-0.39, 0.29) is 6.03 Å². The maximum atomic E-state index is 12.8. The zero-order valence-corrected chi connectivity index (χ0v) is 16.7. The molecule has 0 saturated carbocycles. The van der Waals surface area contributed by atoms with Gasteiger partial charge < -0.3 is 15.1 Å². The highest BCUT2D eigenvalue weighted by Gasteiger charge is 2.23. The molecule has 1 aliphatic rings. The highest BCUT2D eigenvalue weighted by Crippen LogP contribution is 2.21. The van der Waals surface area contributed by atoms with Gasteiger partial charge in [-0.25, -0.2) is 9.48 Å². The summed E-state index contributed by atoms with van der Waals surface area (Å²) in [4.78, 5) is 16.8. The maximum Gasteiger partial charge on any atom is 0.322 e. The van der Waals surface area contributed by atoms with Crippen molar-refractivity contribution in [1.82, 2.24) is 24.9 Å². The van der Waals surface area contributed by atoms with E-state index in [1.807, 2.05) is 33.8 Å². The first-order valence-corrected chi connectivity index (χ1v) is 9.88. The molecule has 4 rings (SSSR count). The summed E-state index contributed by atoms with van der Waals surface area (Å²) in [5.41, 5.74) is 3.92. The van der Waals surface area contributed by atoms with E-state index < -0.39 is 0 Å². The van der Waals surface area contributed by atoms with E-state index in [1.54, 1.807) is 12.4 Å². The van der Waals surface area contributed by atoms with Crippen LogP contribution in [0.4, 0.5) is 16.3 Å². The van der Waals surface area contributed by atoms with E-state index >= 15 is 0 Å². The van der Waals surface area contributed by atoms with Crippen LogP contribution in [0.25, 0.3) is 5.69 Å². The first kappa shape index (κ1) is 18.9. The van der Waals surface area contributed by atoms with Crippen LogP contribution in [0.3, 0.4) is 0 Å². The smallest absolute Gasteiger partial charge is 0.322 e. The summed E-state index contributed by atoms with van der Waals surface area (Å²) < 4.78 is 1.90. The summed E-state index contributed by atoms with van der Waals surface area (Å²) in [6.07, 6.45) is 4.16. The van der Waals surface area contributed by atoms with Crippen molar-refractivity contribution >= 4 is 17.5 Å². The summed E-state index contributed by atoms with van der Waals surface area (Å²) in [5, 5.41) is 15.6. The van der Waals surface area contributed by atoms with Crippen molar-refractivity contribution in [3.63, 3.8) is 0 Å². The van der Waals surface area contributed by atoms with Gasteiger partial charge in [-0.1, -0.05) is 19.1 Å². The summed E-state index contributed by atoms with van der Waals surface area (Å²) in [6.45, 7) is 6.86. The Kier molecular flexibility index (Phi) is 5.41. The van der Waals surface area contributed by atoms with E-state index in [0.717, 1.165) is 42.4 Å². The van der Waals surface area contributed by atoms with Crippen LogP contribution in [0.1, 0.15) is 18.2 Å². The Balaban J connectivity index is 1.43. The molecular weight excluding hydrogens is 366 g/mol. The average molecular weight is 391 g/mol. The number of benzene rings is 1. The van der Waals surface area contributed by atoms with Gasteiger partial charge in [0.1, 0.15) is 0 Å². The summed E-state index contributed by atoms with van der Waals surface area (Å²) in [6, 6.07) is 11.9. The van der Waals surface area contributed by atoms with Crippen molar-refractivity contribution in [2.45, 2.75) is 20.3 Å². The Hall–Kier alpha value is -3.42. The number of nitrogens with zero attached hydrogens (tertiary/aromatic N) is 6. The molecule has 8 nitrogen and oxygen atoms in total. The fourth-order valence-corrected chi connectivity index (χ4v) is 3.60. The van der Waals surface area contributed by atoms with Gasteiger partial charge in [0.25, 0.3) is 0 Å². The number of carbonyl (C=O) groups is 1. The lowest BCUT2D eigenvalue weighted by atomic mass is 10.2. The van der Waals surface area contributed by atoms with E-state index in [0.29, 0.717) is 13.1 Å². The van der Waals surface area contributed by atoms with E-state index in [4.69, 9.17) is 0 Å². The molecule has 1 fully saturated rings. The van der Waals surface area contributed by atoms with E-state index in [9.17, 15) is 4.79 Å². The third-order valence-electron chi connectivity index (χ3n) is 5.14. The summed E-state index contributed by atoms with van der Waals surface area (Å²) in [7, 11) is 0. The quantitative estimate of drug-likeness (QED) is 0.740. The predicted octanol–water partition coefficient (Wildman–Crippen LogP) is 2.89. The second-order valence-electron chi connectivity index (χ2n) is 7.10. The Bertz CT molecular complexity index is 978. The van der Waals surface area contributed by atoms with Gasteiger partial charge in [0.05, 0.1) is 23.3 Å². The van der Waals surface area contributed by atoms with Crippen molar-refractivity contribution in [3.8, 4) is 5.69 Å². The molecule has 8 heteroatoms. The number of urea groups is 1. The molecule has 0 aliphatic carbocycles. The molecule has 1 saturated heterocycles. The average Bonchev–Trinajstić information content (AvgIpc) is 3.17. The first-order chi connectivity index (χ1) is 14.2. The molecule has 0 bridgehead atoms. The van der Waals surface area contributed by atoms with Gasteiger partial charge in [0, 0.05) is 32.4 Å². The number of amides is 2.